The second kappa shape index (κ2) is 4.38. The lowest BCUT2D eigenvalue weighted by molar-refractivity contribution is -0.138. The Morgan fingerprint density at radius 1 is 1.33 bits per heavy atom. The zero-order chi connectivity index (χ0) is 11.6. The van der Waals surface area contributed by atoms with Gasteiger partial charge < -0.3 is 11.5 Å². The van der Waals surface area contributed by atoms with Gasteiger partial charge >= 0.3 is 6.18 Å². The van der Waals surface area contributed by atoms with Crippen LogP contribution in [-0.2, 0) is 6.18 Å². The number of benzene rings is 1. The van der Waals surface area contributed by atoms with E-state index in [0.717, 1.165) is 6.07 Å². The molecule has 0 amide bonds. The van der Waals surface area contributed by atoms with Crippen LogP contribution in [-0.4, -0.2) is 6.54 Å². The van der Waals surface area contributed by atoms with Gasteiger partial charge in [0, 0.05) is 17.6 Å². The van der Waals surface area contributed by atoms with Crippen LogP contribution >= 0.6 is 11.6 Å². The minimum absolute atomic E-state index is 0.0234. The molecular weight excluding hydrogens is 229 g/mol. The molecule has 0 heterocycles. The standard InChI is InChI=1S/C9H10ClF3N2/c10-5-1-2-6(8(15)4-14)7(3-5)9(11,12)13/h1-3,8H,4,14-15H2/t8-/m1/s1. The molecule has 0 aliphatic heterocycles. The van der Waals surface area contributed by atoms with E-state index < -0.39 is 17.8 Å². The lowest BCUT2D eigenvalue weighted by atomic mass is 10.0. The molecule has 0 aromatic heterocycles. The van der Waals surface area contributed by atoms with E-state index in [9.17, 15) is 13.2 Å². The van der Waals surface area contributed by atoms with Crippen molar-refractivity contribution >= 4 is 11.6 Å². The Morgan fingerprint density at radius 3 is 2.40 bits per heavy atom. The van der Waals surface area contributed by atoms with Gasteiger partial charge in [-0.2, -0.15) is 13.2 Å². The maximum absolute atomic E-state index is 12.6. The van der Waals surface area contributed by atoms with Crippen LogP contribution in [0.3, 0.4) is 0 Å². The predicted octanol–water partition coefficient (Wildman–Crippen LogP) is 2.32. The minimum atomic E-state index is -4.47. The molecule has 15 heavy (non-hydrogen) atoms. The molecule has 1 rings (SSSR count). The summed E-state index contributed by atoms with van der Waals surface area (Å²) in [6.07, 6.45) is -4.47. The monoisotopic (exact) mass is 238 g/mol. The second-order valence-corrected chi connectivity index (χ2v) is 3.51. The molecule has 0 saturated carbocycles. The van der Waals surface area contributed by atoms with Gasteiger partial charge in [0.15, 0.2) is 0 Å². The number of hydrogen-bond donors (Lipinski definition) is 2. The Hall–Kier alpha value is -0.780. The molecule has 2 nitrogen and oxygen atoms in total. The molecule has 0 aliphatic rings. The van der Waals surface area contributed by atoms with Crippen molar-refractivity contribution in [2.75, 3.05) is 6.54 Å². The SMILES string of the molecule is NC[C@@H](N)c1ccc(Cl)cc1C(F)(F)F. The summed E-state index contributed by atoms with van der Waals surface area (Å²) in [5, 5.41) is 0.0234. The van der Waals surface area contributed by atoms with Crippen molar-refractivity contribution in [3.8, 4) is 0 Å². The highest BCUT2D eigenvalue weighted by Crippen LogP contribution is 2.35. The van der Waals surface area contributed by atoms with Crippen LogP contribution in [0.5, 0.6) is 0 Å². The molecule has 0 spiro atoms. The summed E-state index contributed by atoms with van der Waals surface area (Å²) >= 11 is 5.50. The van der Waals surface area contributed by atoms with Gasteiger partial charge in [0.1, 0.15) is 0 Å². The first-order chi connectivity index (χ1) is 6.86. The second-order valence-electron chi connectivity index (χ2n) is 3.07. The van der Waals surface area contributed by atoms with Crippen LogP contribution in [0.4, 0.5) is 13.2 Å². The van der Waals surface area contributed by atoms with E-state index >= 15 is 0 Å². The number of hydrogen-bond acceptors (Lipinski definition) is 2. The average molecular weight is 239 g/mol. The summed E-state index contributed by atoms with van der Waals surface area (Å²) in [5.41, 5.74) is 9.84. The van der Waals surface area contributed by atoms with Gasteiger partial charge in [0.05, 0.1) is 5.56 Å². The molecule has 0 aliphatic carbocycles. The Balaban J connectivity index is 3.27. The van der Waals surface area contributed by atoms with Gasteiger partial charge in [-0.15, -0.1) is 0 Å². The van der Waals surface area contributed by atoms with Crippen molar-refractivity contribution in [2.24, 2.45) is 11.5 Å². The number of rotatable bonds is 2. The first kappa shape index (κ1) is 12.3. The Labute approximate surface area is 90.0 Å². The quantitative estimate of drug-likeness (QED) is 0.831. The lowest BCUT2D eigenvalue weighted by Crippen LogP contribution is -2.24. The summed E-state index contributed by atoms with van der Waals surface area (Å²) < 4.78 is 37.7. The third-order valence-electron chi connectivity index (χ3n) is 1.97. The van der Waals surface area contributed by atoms with Gasteiger partial charge in [-0.3, -0.25) is 0 Å². The van der Waals surface area contributed by atoms with Crippen LogP contribution in [0.25, 0.3) is 0 Å². The van der Waals surface area contributed by atoms with E-state index in [-0.39, 0.29) is 17.1 Å². The van der Waals surface area contributed by atoms with Crippen LogP contribution in [0.2, 0.25) is 5.02 Å². The van der Waals surface area contributed by atoms with E-state index in [2.05, 4.69) is 0 Å². The van der Waals surface area contributed by atoms with E-state index in [1.807, 2.05) is 0 Å². The molecular formula is C9H10ClF3N2. The predicted molar refractivity (Wildman–Crippen MR) is 52.4 cm³/mol. The lowest BCUT2D eigenvalue weighted by Gasteiger charge is -2.17. The summed E-state index contributed by atoms with van der Waals surface area (Å²) in [6, 6.07) is 2.63. The Bertz CT molecular complexity index is 352. The maximum Gasteiger partial charge on any atom is 0.416 e. The maximum atomic E-state index is 12.6. The minimum Gasteiger partial charge on any atom is -0.329 e. The van der Waals surface area contributed by atoms with Crippen molar-refractivity contribution < 1.29 is 13.2 Å². The van der Waals surface area contributed by atoms with Crippen molar-refractivity contribution in [1.82, 2.24) is 0 Å². The fourth-order valence-electron chi connectivity index (χ4n) is 1.22. The fourth-order valence-corrected chi connectivity index (χ4v) is 1.40. The van der Waals surface area contributed by atoms with Crippen LogP contribution < -0.4 is 11.5 Å². The smallest absolute Gasteiger partial charge is 0.329 e. The molecule has 0 bridgehead atoms. The van der Waals surface area contributed by atoms with E-state index in [0.29, 0.717) is 0 Å². The average Bonchev–Trinajstić information content (AvgIpc) is 2.15. The molecule has 1 aromatic rings. The van der Waals surface area contributed by atoms with Gasteiger partial charge in [0.25, 0.3) is 0 Å². The Morgan fingerprint density at radius 2 is 1.93 bits per heavy atom. The molecule has 1 atom stereocenters. The van der Waals surface area contributed by atoms with E-state index in [1.54, 1.807) is 0 Å². The zero-order valence-corrected chi connectivity index (χ0v) is 8.44. The first-order valence-electron chi connectivity index (χ1n) is 4.18. The van der Waals surface area contributed by atoms with E-state index in [1.165, 1.54) is 12.1 Å². The normalized spacial score (nSPS) is 14.0. The van der Waals surface area contributed by atoms with Crippen LogP contribution in [0.15, 0.2) is 18.2 Å². The molecule has 84 valence electrons. The van der Waals surface area contributed by atoms with Gasteiger partial charge in [-0.05, 0) is 17.7 Å². The summed E-state index contributed by atoms with van der Waals surface area (Å²) in [7, 11) is 0. The largest absolute Gasteiger partial charge is 0.416 e. The number of nitrogens with two attached hydrogens (primary N) is 2. The molecule has 0 radical (unpaired) electrons. The summed E-state index contributed by atoms with van der Waals surface area (Å²) in [6.45, 7) is -0.0509. The van der Waals surface area contributed by atoms with Crippen molar-refractivity contribution in [3.05, 3.63) is 34.3 Å². The highest BCUT2D eigenvalue weighted by atomic mass is 35.5. The first-order valence-corrected chi connectivity index (χ1v) is 4.56. The van der Waals surface area contributed by atoms with Gasteiger partial charge in [0.2, 0.25) is 0 Å². The van der Waals surface area contributed by atoms with Crippen molar-refractivity contribution in [2.45, 2.75) is 12.2 Å². The number of halogens is 4. The van der Waals surface area contributed by atoms with Gasteiger partial charge in [-0.1, -0.05) is 17.7 Å². The third kappa shape index (κ3) is 2.84. The highest BCUT2D eigenvalue weighted by molar-refractivity contribution is 6.30. The fraction of sp³-hybridized carbons (Fsp3) is 0.333. The number of alkyl halides is 3. The molecule has 0 unspecified atom stereocenters. The molecule has 0 saturated heterocycles. The topological polar surface area (TPSA) is 52.0 Å². The van der Waals surface area contributed by atoms with Gasteiger partial charge in [-0.25, -0.2) is 0 Å². The zero-order valence-electron chi connectivity index (χ0n) is 7.68. The third-order valence-corrected chi connectivity index (χ3v) is 2.21. The van der Waals surface area contributed by atoms with Crippen molar-refractivity contribution in [3.63, 3.8) is 0 Å². The molecule has 4 N–H and O–H groups in total. The molecule has 6 heteroatoms. The summed E-state index contributed by atoms with van der Waals surface area (Å²) in [4.78, 5) is 0. The van der Waals surface area contributed by atoms with E-state index in [4.69, 9.17) is 23.1 Å². The van der Waals surface area contributed by atoms with Crippen LogP contribution in [0.1, 0.15) is 17.2 Å². The van der Waals surface area contributed by atoms with Crippen molar-refractivity contribution in [1.29, 1.82) is 0 Å². The summed E-state index contributed by atoms with van der Waals surface area (Å²) in [5.74, 6) is 0. The van der Waals surface area contributed by atoms with Crippen LogP contribution in [0, 0.1) is 0 Å². The Kier molecular flexibility index (Phi) is 3.59. The highest BCUT2D eigenvalue weighted by Gasteiger charge is 2.34. The molecule has 1 aromatic carbocycles. The molecule has 0 fully saturated rings.